The van der Waals surface area contributed by atoms with E-state index in [1.54, 1.807) is 0 Å². The van der Waals surface area contributed by atoms with Crippen molar-refractivity contribution in [3.63, 3.8) is 0 Å². The van der Waals surface area contributed by atoms with E-state index in [4.69, 9.17) is 9.97 Å². The van der Waals surface area contributed by atoms with Crippen LogP contribution in [0, 0.1) is 11.8 Å². The number of carbonyl (C=O) groups excluding carboxylic acids is 1. The molecule has 4 heteroatoms. The van der Waals surface area contributed by atoms with Gasteiger partial charge in [-0.1, -0.05) is 69.2 Å². The average molecular weight is 418 g/mol. The van der Waals surface area contributed by atoms with Gasteiger partial charge < -0.3 is 0 Å². The minimum absolute atomic E-state index is 0.213. The van der Waals surface area contributed by atoms with Crippen LogP contribution in [0.5, 0.6) is 0 Å². The molecular formula is C27H35N3O. The fourth-order valence-corrected chi connectivity index (χ4v) is 5.89. The van der Waals surface area contributed by atoms with Crippen molar-refractivity contribution < 1.29 is 4.79 Å². The lowest BCUT2D eigenvalue weighted by Crippen LogP contribution is -2.31. The quantitative estimate of drug-likeness (QED) is 0.608. The molecule has 0 unspecified atom stereocenters. The Balaban J connectivity index is 1.47. The summed E-state index contributed by atoms with van der Waals surface area (Å²) < 4.78 is 0. The average Bonchev–Trinajstić information content (AvgIpc) is 3.32. The number of carbonyl (C=O) groups is 1. The molecule has 0 spiro atoms. The Morgan fingerprint density at radius 1 is 0.935 bits per heavy atom. The first-order valence-corrected chi connectivity index (χ1v) is 12.4. The fraction of sp³-hybridized carbons (Fsp3) is 0.593. The predicted molar refractivity (Wildman–Crippen MR) is 125 cm³/mol. The fourth-order valence-electron chi connectivity index (χ4n) is 5.89. The number of aromatic nitrogens is 2. The second kappa shape index (κ2) is 9.10. The Bertz CT molecular complexity index is 941. The highest BCUT2D eigenvalue weighted by Gasteiger charge is 2.28. The number of fused-ring (bicyclic) bond motifs is 3. The van der Waals surface area contributed by atoms with E-state index in [2.05, 4.69) is 24.3 Å². The van der Waals surface area contributed by atoms with Gasteiger partial charge in [0.2, 0.25) is 5.91 Å². The van der Waals surface area contributed by atoms with E-state index < -0.39 is 0 Å². The molecule has 0 N–H and O–H groups in total. The Hall–Kier alpha value is -2.23. The van der Waals surface area contributed by atoms with Gasteiger partial charge in [-0.2, -0.15) is 0 Å². The molecule has 0 radical (unpaired) electrons. The van der Waals surface area contributed by atoms with Crippen LogP contribution in [-0.4, -0.2) is 22.9 Å². The summed E-state index contributed by atoms with van der Waals surface area (Å²) in [6, 6.07) is 8.60. The largest absolute Gasteiger partial charge is 0.298 e. The maximum Gasteiger partial charge on any atom is 0.228 e. The molecular weight excluding hydrogens is 382 g/mol. The van der Waals surface area contributed by atoms with Crippen LogP contribution in [-0.2, 0) is 24.1 Å². The third-order valence-electron chi connectivity index (χ3n) is 7.76. The summed E-state index contributed by atoms with van der Waals surface area (Å²) in [5.74, 6) is 2.25. The molecule has 2 saturated carbocycles. The number of anilines is 1. The van der Waals surface area contributed by atoms with Crippen LogP contribution in [0.25, 0.3) is 11.3 Å². The first-order valence-electron chi connectivity index (χ1n) is 12.4. The normalized spacial score (nSPS) is 19.1. The highest BCUT2D eigenvalue weighted by molar-refractivity contribution is 5.92. The van der Waals surface area contributed by atoms with Gasteiger partial charge >= 0.3 is 0 Å². The van der Waals surface area contributed by atoms with E-state index in [0.29, 0.717) is 18.3 Å². The molecule has 1 aromatic carbocycles. The van der Waals surface area contributed by atoms with Crippen LogP contribution in [0.1, 0.15) is 81.2 Å². The molecule has 31 heavy (non-hydrogen) atoms. The third-order valence-corrected chi connectivity index (χ3v) is 7.76. The molecule has 3 aliphatic carbocycles. The van der Waals surface area contributed by atoms with Crippen LogP contribution >= 0.6 is 0 Å². The molecule has 2 fully saturated rings. The van der Waals surface area contributed by atoms with E-state index in [-0.39, 0.29) is 5.91 Å². The topological polar surface area (TPSA) is 46.1 Å². The van der Waals surface area contributed by atoms with Crippen molar-refractivity contribution in [1.82, 2.24) is 9.97 Å². The van der Waals surface area contributed by atoms with E-state index in [0.717, 1.165) is 42.2 Å². The van der Waals surface area contributed by atoms with Crippen molar-refractivity contribution in [2.75, 3.05) is 11.9 Å². The number of hydrogen-bond acceptors (Lipinski definition) is 3. The van der Waals surface area contributed by atoms with Crippen LogP contribution in [0.15, 0.2) is 24.3 Å². The van der Waals surface area contributed by atoms with E-state index in [1.165, 1.54) is 68.9 Å². The number of rotatable bonds is 5. The summed E-state index contributed by atoms with van der Waals surface area (Å²) >= 11 is 0. The Morgan fingerprint density at radius 2 is 1.65 bits per heavy atom. The van der Waals surface area contributed by atoms with Gasteiger partial charge in [-0.05, 0) is 49.5 Å². The Labute approximate surface area is 186 Å². The molecule has 3 aliphatic rings. The lowest BCUT2D eigenvalue weighted by molar-refractivity contribution is -0.119. The van der Waals surface area contributed by atoms with Crippen LogP contribution in [0.3, 0.4) is 0 Å². The number of nitrogens with zero attached hydrogens (tertiary/aromatic N) is 3. The van der Waals surface area contributed by atoms with Gasteiger partial charge in [0.1, 0.15) is 0 Å². The van der Waals surface area contributed by atoms with Gasteiger partial charge in [-0.25, -0.2) is 9.97 Å². The van der Waals surface area contributed by atoms with Crippen LogP contribution in [0.2, 0.25) is 0 Å². The van der Waals surface area contributed by atoms with Gasteiger partial charge in [-0.15, -0.1) is 0 Å². The highest BCUT2D eigenvalue weighted by Crippen LogP contribution is 2.36. The lowest BCUT2D eigenvalue weighted by Gasteiger charge is -2.27. The molecule has 0 saturated heterocycles. The third kappa shape index (κ3) is 4.40. The second-order valence-electron chi connectivity index (χ2n) is 9.96. The van der Waals surface area contributed by atoms with Gasteiger partial charge in [-0.3, -0.25) is 9.69 Å². The van der Waals surface area contributed by atoms with Crippen molar-refractivity contribution in [3.8, 4) is 11.3 Å². The molecule has 2 aromatic rings. The van der Waals surface area contributed by atoms with Crippen LogP contribution < -0.4 is 4.90 Å². The zero-order chi connectivity index (χ0) is 21.2. The number of aryl methyl sites for hydroxylation is 2. The summed E-state index contributed by atoms with van der Waals surface area (Å²) in [7, 11) is 1.93. The summed E-state index contributed by atoms with van der Waals surface area (Å²) in [5.41, 5.74) is 5.73. The molecule has 164 valence electrons. The molecule has 1 heterocycles. The number of benzene rings is 1. The zero-order valence-corrected chi connectivity index (χ0v) is 18.9. The maximum atomic E-state index is 13.2. The molecule has 1 aromatic heterocycles. The van der Waals surface area contributed by atoms with Gasteiger partial charge in [0.25, 0.3) is 0 Å². The van der Waals surface area contributed by atoms with Crippen LogP contribution in [0.4, 0.5) is 5.82 Å². The minimum atomic E-state index is 0.213. The summed E-state index contributed by atoms with van der Waals surface area (Å²) in [5, 5.41) is 0. The minimum Gasteiger partial charge on any atom is -0.298 e. The van der Waals surface area contributed by atoms with Crippen molar-refractivity contribution in [2.45, 2.75) is 83.5 Å². The van der Waals surface area contributed by atoms with Crippen molar-refractivity contribution >= 4 is 11.7 Å². The van der Waals surface area contributed by atoms with Gasteiger partial charge in [0, 0.05) is 19.0 Å². The highest BCUT2D eigenvalue weighted by atomic mass is 16.2. The van der Waals surface area contributed by atoms with E-state index in [9.17, 15) is 4.79 Å². The Kier molecular flexibility index (Phi) is 6.06. The maximum absolute atomic E-state index is 13.2. The molecule has 5 rings (SSSR count). The summed E-state index contributed by atoms with van der Waals surface area (Å²) in [4.78, 5) is 25.4. The van der Waals surface area contributed by atoms with Crippen molar-refractivity contribution in [1.29, 1.82) is 0 Å². The molecule has 4 nitrogen and oxygen atoms in total. The predicted octanol–water partition coefficient (Wildman–Crippen LogP) is 5.91. The monoisotopic (exact) mass is 417 g/mol. The number of hydrogen-bond donors (Lipinski definition) is 0. The smallest absolute Gasteiger partial charge is 0.228 e. The first-order chi connectivity index (χ1) is 15.2. The lowest BCUT2D eigenvalue weighted by atomic mass is 9.86. The Morgan fingerprint density at radius 3 is 2.45 bits per heavy atom. The number of amides is 1. The summed E-state index contributed by atoms with van der Waals surface area (Å²) in [6.45, 7) is 0. The summed E-state index contributed by atoms with van der Waals surface area (Å²) in [6.07, 6.45) is 14.9. The SMILES string of the molecule is CN(C(=O)CC1CCCCC1)c1nc2c(nc1CC1CCCC1)-c1ccccc1CC2. The van der Waals surface area contributed by atoms with Crippen molar-refractivity contribution in [3.05, 3.63) is 41.2 Å². The molecule has 0 atom stereocenters. The van der Waals surface area contributed by atoms with E-state index in [1.807, 2.05) is 11.9 Å². The van der Waals surface area contributed by atoms with Crippen molar-refractivity contribution in [2.24, 2.45) is 11.8 Å². The molecule has 1 amide bonds. The molecule has 0 aliphatic heterocycles. The second-order valence-corrected chi connectivity index (χ2v) is 9.96. The van der Waals surface area contributed by atoms with E-state index >= 15 is 0 Å². The molecule has 0 bridgehead atoms. The standard InChI is InChI=1S/C27H35N3O/c1-30(25(31)18-20-9-3-2-4-10-20)27-24(17-19-11-5-6-12-19)28-26-22-14-8-7-13-21(22)15-16-23(26)29-27/h7-8,13-14,19-20H,2-6,9-12,15-18H2,1H3. The first kappa shape index (κ1) is 20.7. The van der Waals surface area contributed by atoms with Gasteiger partial charge in [0.15, 0.2) is 5.82 Å². The zero-order valence-electron chi connectivity index (χ0n) is 18.9. The van der Waals surface area contributed by atoms with Gasteiger partial charge in [0.05, 0.1) is 17.1 Å².